The molecule has 0 spiro atoms. The van der Waals surface area contributed by atoms with Crippen LogP contribution in [0.2, 0.25) is 0 Å². The summed E-state index contributed by atoms with van der Waals surface area (Å²) in [6.45, 7) is -2.90. The molecule has 0 radical (unpaired) electrons. The second-order valence-corrected chi connectivity index (χ2v) is 4.95. The quantitative estimate of drug-likeness (QED) is 0.656. The molecule has 0 heterocycles. The fourth-order valence-corrected chi connectivity index (χ4v) is 1.82. The molecular weight excluding hydrogens is 364 g/mol. The summed E-state index contributed by atoms with van der Waals surface area (Å²) >= 11 is 0. The van der Waals surface area contributed by atoms with E-state index < -0.39 is 61.6 Å². The largest absolute Gasteiger partial charge is 0.428 e. The lowest BCUT2D eigenvalue weighted by Gasteiger charge is -2.43. The smallest absolute Gasteiger partial charge is 0.314 e. The van der Waals surface area contributed by atoms with Crippen molar-refractivity contribution < 1.29 is 57.4 Å². The number of hydrogen-bond donors (Lipinski definition) is 0. The molecule has 3 unspecified atom stereocenters. The van der Waals surface area contributed by atoms with E-state index in [4.69, 9.17) is 0 Å². The highest BCUT2D eigenvalue weighted by Crippen LogP contribution is 2.52. The fourth-order valence-electron chi connectivity index (χ4n) is 1.82. The van der Waals surface area contributed by atoms with Crippen molar-refractivity contribution >= 4 is 0 Å². The Balaban J connectivity index is 3.00. The molecule has 3 atom stereocenters. The van der Waals surface area contributed by atoms with Crippen LogP contribution < -0.4 is 0 Å². The molecule has 1 aliphatic rings. The van der Waals surface area contributed by atoms with Gasteiger partial charge in [-0.1, -0.05) is 0 Å². The van der Waals surface area contributed by atoms with E-state index >= 15 is 0 Å². The van der Waals surface area contributed by atoms with E-state index in [0.717, 1.165) is 0 Å². The minimum absolute atomic E-state index is 1.82. The van der Waals surface area contributed by atoms with E-state index in [2.05, 4.69) is 4.74 Å². The number of hydrogen-bond acceptors (Lipinski definition) is 1. The van der Waals surface area contributed by atoms with Crippen LogP contribution in [0.4, 0.5) is 52.7 Å². The van der Waals surface area contributed by atoms with Gasteiger partial charge in [0.1, 0.15) is 0 Å². The molecule has 0 aliphatic heterocycles. The van der Waals surface area contributed by atoms with Gasteiger partial charge in [-0.2, -0.15) is 22.0 Å². The lowest BCUT2D eigenvalue weighted by Crippen LogP contribution is -2.65. The van der Waals surface area contributed by atoms with Crippen molar-refractivity contribution in [3.63, 3.8) is 0 Å². The summed E-state index contributed by atoms with van der Waals surface area (Å²) in [5.74, 6) is -9.62. The second kappa shape index (κ2) is 5.59. The Labute approximate surface area is 120 Å². The van der Waals surface area contributed by atoms with Gasteiger partial charge in [0.05, 0.1) is 6.61 Å². The van der Waals surface area contributed by atoms with Crippen molar-refractivity contribution in [2.24, 2.45) is 0 Å². The molecule has 0 amide bonds. The van der Waals surface area contributed by atoms with Gasteiger partial charge in [0.2, 0.25) is 11.8 Å². The maximum Gasteiger partial charge on any atom is 0.428 e. The van der Waals surface area contributed by atoms with Crippen LogP contribution in [-0.2, 0) is 4.74 Å². The van der Waals surface area contributed by atoms with Gasteiger partial charge in [-0.25, -0.2) is 30.7 Å². The molecule has 0 aromatic heterocycles. The molecule has 138 valence electrons. The van der Waals surface area contributed by atoms with E-state index in [-0.39, 0.29) is 0 Å². The van der Waals surface area contributed by atoms with Gasteiger partial charge in [-0.15, -0.1) is 0 Å². The van der Waals surface area contributed by atoms with E-state index in [1.54, 1.807) is 0 Å². The highest BCUT2D eigenvalue weighted by molar-refractivity contribution is 5.09. The first-order valence-corrected chi connectivity index (χ1v) is 5.78. The summed E-state index contributed by atoms with van der Waals surface area (Å²) in [5.41, 5.74) is -5.05. The minimum atomic E-state index is -6.21. The summed E-state index contributed by atoms with van der Waals surface area (Å²) < 4.78 is 156. The van der Waals surface area contributed by atoms with E-state index in [1.807, 2.05) is 0 Å². The molecular formula is C10H8F12O. The lowest BCUT2D eigenvalue weighted by atomic mass is 9.79. The van der Waals surface area contributed by atoms with Crippen LogP contribution in [0.15, 0.2) is 0 Å². The summed E-state index contributed by atoms with van der Waals surface area (Å²) in [6.07, 6.45) is -25.3. The maximum absolute atomic E-state index is 13.9. The van der Waals surface area contributed by atoms with E-state index in [0.29, 0.717) is 0 Å². The number of rotatable bonds is 4. The Hall–Kier alpha value is -0.880. The third-order valence-corrected chi connectivity index (χ3v) is 3.21. The van der Waals surface area contributed by atoms with Crippen molar-refractivity contribution in [1.82, 2.24) is 0 Å². The Kier molecular flexibility index (Phi) is 4.90. The molecule has 0 aromatic rings. The van der Waals surface area contributed by atoms with Crippen molar-refractivity contribution in [2.75, 3.05) is 6.61 Å². The van der Waals surface area contributed by atoms with Crippen LogP contribution in [0.5, 0.6) is 0 Å². The zero-order valence-electron chi connectivity index (χ0n) is 10.7. The third kappa shape index (κ3) is 3.63. The first-order chi connectivity index (χ1) is 9.97. The van der Waals surface area contributed by atoms with Gasteiger partial charge >= 0.3 is 12.3 Å². The van der Waals surface area contributed by atoms with Gasteiger partial charge in [-0.3, -0.25) is 0 Å². The molecule has 0 saturated heterocycles. The maximum atomic E-state index is 13.9. The Morgan fingerprint density at radius 1 is 0.957 bits per heavy atom. The predicted molar refractivity (Wildman–Crippen MR) is 49.7 cm³/mol. The number of ether oxygens (including phenoxy) is 1. The number of halogens is 12. The topological polar surface area (TPSA) is 9.23 Å². The Morgan fingerprint density at radius 3 is 1.87 bits per heavy atom. The molecule has 23 heavy (non-hydrogen) atoms. The lowest BCUT2D eigenvalue weighted by molar-refractivity contribution is -0.359. The first-order valence-electron chi connectivity index (χ1n) is 5.78. The average Bonchev–Trinajstić information content (AvgIpc) is 2.38. The molecule has 1 nitrogen and oxygen atoms in total. The third-order valence-electron chi connectivity index (χ3n) is 3.21. The van der Waals surface area contributed by atoms with Crippen LogP contribution in [0.1, 0.15) is 12.8 Å². The minimum Gasteiger partial charge on any atom is -0.314 e. The van der Waals surface area contributed by atoms with Gasteiger partial charge in [-0.05, 0) is 0 Å². The highest BCUT2D eigenvalue weighted by Gasteiger charge is 2.72. The van der Waals surface area contributed by atoms with Crippen LogP contribution in [0.25, 0.3) is 0 Å². The van der Waals surface area contributed by atoms with Gasteiger partial charge < -0.3 is 4.74 Å². The summed E-state index contributed by atoms with van der Waals surface area (Å²) in [7, 11) is 0. The molecule has 1 fully saturated rings. The zero-order valence-corrected chi connectivity index (χ0v) is 10.7. The van der Waals surface area contributed by atoms with Crippen molar-refractivity contribution in [2.45, 2.75) is 55.0 Å². The van der Waals surface area contributed by atoms with Gasteiger partial charge in [0.15, 0.2) is 0 Å². The molecule has 0 aromatic carbocycles. The van der Waals surface area contributed by atoms with Crippen molar-refractivity contribution in [3.8, 4) is 0 Å². The van der Waals surface area contributed by atoms with Crippen LogP contribution in [-0.4, -0.2) is 48.7 Å². The molecule has 13 heteroatoms. The predicted octanol–water partition coefficient (Wildman–Crippen LogP) is 4.61. The summed E-state index contributed by atoms with van der Waals surface area (Å²) in [5, 5.41) is 0. The molecule has 1 rings (SSSR count). The van der Waals surface area contributed by atoms with Crippen molar-refractivity contribution in [3.05, 3.63) is 0 Å². The van der Waals surface area contributed by atoms with Crippen LogP contribution >= 0.6 is 0 Å². The normalized spacial score (nSPS) is 32.6. The van der Waals surface area contributed by atoms with Crippen LogP contribution in [0.3, 0.4) is 0 Å². The van der Waals surface area contributed by atoms with E-state index in [9.17, 15) is 52.7 Å². The number of alkyl halides is 12. The van der Waals surface area contributed by atoms with Gasteiger partial charge in [0.25, 0.3) is 18.0 Å². The second-order valence-electron chi connectivity index (χ2n) is 4.95. The summed E-state index contributed by atoms with van der Waals surface area (Å²) in [4.78, 5) is 0. The average molecular weight is 372 g/mol. The Bertz CT molecular complexity index is 432. The SMILES string of the molecule is FC(C(F)(F)F)C(F)(F)OCC1(F)C(F)C(F)(F)CCC1(F)F. The van der Waals surface area contributed by atoms with E-state index in [1.165, 1.54) is 0 Å². The monoisotopic (exact) mass is 372 g/mol. The van der Waals surface area contributed by atoms with Gasteiger partial charge in [0, 0.05) is 12.8 Å². The molecule has 1 saturated carbocycles. The standard InChI is InChI=1S/C10H8F12O/c11-4-6(13,8(16,17)2-1-7(4,14)15)3-23-10(21,22)5(12)9(18,19)20/h4-5H,1-3H2. The highest BCUT2D eigenvalue weighted by atomic mass is 19.4. The van der Waals surface area contributed by atoms with Crippen molar-refractivity contribution in [1.29, 1.82) is 0 Å². The zero-order chi connectivity index (χ0) is 18.5. The molecule has 1 aliphatic carbocycles. The first kappa shape index (κ1) is 20.2. The summed E-state index contributed by atoms with van der Waals surface area (Å²) in [6, 6.07) is 0. The fraction of sp³-hybridized carbons (Fsp3) is 1.00. The van der Waals surface area contributed by atoms with Crippen LogP contribution in [0, 0.1) is 0 Å². The Morgan fingerprint density at radius 2 is 1.43 bits per heavy atom. The molecule has 0 bridgehead atoms. The molecule has 0 N–H and O–H groups in total.